The van der Waals surface area contributed by atoms with Crippen LogP contribution in [0, 0.1) is 4.84 Å². The molecule has 0 saturated carbocycles. The van der Waals surface area contributed by atoms with Crippen LogP contribution in [0.5, 0.6) is 0 Å². The minimum atomic E-state index is -0.642. The minimum Gasteiger partial charge on any atom is -0.395 e. The van der Waals surface area contributed by atoms with E-state index in [1.807, 2.05) is 6.07 Å². The highest BCUT2D eigenvalue weighted by Crippen LogP contribution is 2.03. The van der Waals surface area contributed by atoms with Crippen LogP contribution in [0.25, 0.3) is 5.69 Å². The van der Waals surface area contributed by atoms with E-state index in [4.69, 9.17) is 16.6 Å². The third-order valence-corrected chi connectivity index (χ3v) is 2.23. The summed E-state index contributed by atoms with van der Waals surface area (Å²) in [6, 6.07) is 10.9. The third kappa shape index (κ3) is 1.99. The molecule has 0 aliphatic carbocycles. The first-order valence-corrected chi connectivity index (χ1v) is 4.92. The first-order chi connectivity index (χ1) is 7.68. The molecule has 0 aliphatic rings. The Hall–Kier alpha value is -2.01. The molecule has 2 aromatic rings. The molecule has 0 bridgehead atoms. The summed E-state index contributed by atoms with van der Waals surface area (Å²) in [7, 11) is 0. The zero-order valence-corrected chi connectivity index (χ0v) is 8.94. The molecule has 16 heavy (non-hydrogen) atoms. The van der Waals surface area contributed by atoms with Crippen molar-refractivity contribution in [3.63, 3.8) is 0 Å². The molecule has 1 aromatic heterocycles. The van der Waals surface area contributed by atoms with Crippen LogP contribution in [0.4, 0.5) is 0 Å². The molecule has 5 heteroatoms. The summed E-state index contributed by atoms with van der Waals surface area (Å²) in [5.74, 6) is 0. The molecule has 0 amide bonds. The molecule has 0 atom stereocenters. The van der Waals surface area contributed by atoms with Gasteiger partial charge >= 0.3 is 5.63 Å². The summed E-state index contributed by atoms with van der Waals surface area (Å²) in [6.45, 7) is 0. The lowest BCUT2D eigenvalue weighted by atomic mass is 10.3. The normalized spacial score (nSPS) is 10.0. The van der Waals surface area contributed by atoms with Crippen molar-refractivity contribution in [2.45, 2.75) is 0 Å². The van der Waals surface area contributed by atoms with E-state index in [2.05, 4.69) is 0 Å². The molecule has 2 rings (SSSR count). The molecule has 0 fully saturated rings. The Labute approximate surface area is 95.4 Å². The van der Waals surface area contributed by atoms with Gasteiger partial charge in [0, 0.05) is 12.1 Å². The lowest BCUT2D eigenvalue weighted by Gasteiger charge is -1.99. The van der Waals surface area contributed by atoms with Crippen LogP contribution in [0.3, 0.4) is 0 Å². The smallest absolute Gasteiger partial charge is 0.338 e. The van der Waals surface area contributed by atoms with Crippen LogP contribution >= 0.6 is 12.2 Å². The average molecular weight is 233 g/mol. The molecular weight excluding hydrogens is 226 g/mol. The summed E-state index contributed by atoms with van der Waals surface area (Å²) in [6.07, 6.45) is 0. The molecular formula is C11H7NO3S. The van der Waals surface area contributed by atoms with Gasteiger partial charge in [-0.25, -0.2) is 9.36 Å². The molecule has 80 valence electrons. The van der Waals surface area contributed by atoms with Crippen LogP contribution in [0.15, 0.2) is 56.5 Å². The fourth-order valence-electron chi connectivity index (χ4n) is 1.28. The fourth-order valence-corrected chi connectivity index (χ4v) is 1.56. The molecule has 0 radical (unpaired) electrons. The maximum atomic E-state index is 11.7. The van der Waals surface area contributed by atoms with E-state index >= 15 is 0 Å². The number of para-hydroxylation sites is 1. The van der Waals surface area contributed by atoms with Crippen molar-refractivity contribution in [2.24, 2.45) is 0 Å². The Kier molecular flexibility index (Phi) is 2.78. The Bertz CT molecular complexity index is 673. The first kappa shape index (κ1) is 10.5. The van der Waals surface area contributed by atoms with Gasteiger partial charge in [0.05, 0.1) is 5.69 Å². The summed E-state index contributed by atoms with van der Waals surface area (Å²) in [4.78, 5) is 22.6. The predicted molar refractivity (Wildman–Crippen MR) is 61.4 cm³/mol. The highest BCUT2D eigenvalue weighted by Gasteiger charge is 2.00. The predicted octanol–water partition coefficient (Wildman–Crippen LogP) is 1.52. The standard InChI is InChI=1S/C11H7NO3S/c13-9-6-7-10(14)15-11(16)12(9)8-4-2-1-3-5-8/h1-7H. The van der Waals surface area contributed by atoms with Crippen molar-refractivity contribution in [1.29, 1.82) is 0 Å². The number of hydrogen-bond donors (Lipinski definition) is 0. The molecule has 0 saturated heterocycles. The number of benzene rings is 1. The zero-order valence-electron chi connectivity index (χ0n) is 8.12. The largest absolute Gasteiger partial charge is 0.395 e. The Morgan fingerprint density at radius 3 is 2.38 bits per heavy atom. The van der Waals surface area contributed by atoms with Gasteiger partial charge < -0.3 is 4.42 Å². The van der Waals surface area contributed by atoms with E-state index in [-0.39, 0.29) is 4.84 Å². The van der Waals surface area contributed by atoms with Gasteiger partial charge in [0.25, 0.3) is 10.4 Å². The van der Waals surface area contributed by atoms with Crippen molar-refractivity contribution in [3.8, 4) is 5.69 Å². The second-order valence-electron chi connectivity index (χ2n) is 3.03. The maximum Gasteiger partial charge on any atom is 0.338 e. The van der Waals surface area contributed by atoms with Crippen molar-refractivity contribution in [2.75, 3.05) is 0 Å². The number of rotatable bonds is 1. The van der Waals surface area contributed by atoms with Crippen molar-refractivity contribution < 1.29 is 4.42 Å². The highest BCUT2D eigenvalue weighted by atomic mass is 32.1. The van der Waals surface area contributed by atoms with E-state index < -0.39 is 11.2 Å². The average Bonchev–Trinajstić information content (AvgIpc) is 2.39. The van der Waals surface area contributed by atoms with Gasteiger partial charge in [-0.1, -0.05) is 18.2 Å². The molecule has 0 spiro atoms. The number of nitrogens with zero attached hydrogens (tertiary/aromatic N) is 1. The number of hydrogen-bond acceptors (Lipinski definition) is 4. The third-order valence-electron chi connectivity index (χ3n) is 1.97. The van der Waals surface area contributed by atoms with Gasteiger partial charge in [-0.2, -0.15) is 0 Å². The lowest BCUT2D eigenvalue weighted by Crippen LogP contribution is -2.14. The van der Waals surface area contributed by atoms with Crippen molar-refractivity contribution in [1.82, 2.24) is 4.57 Å². The van der Waals surface area contributed by atoms with Gasteiger partial charge in [-0.15, -0.1) is 0 Å². The van der Waals surface area contributed by atoms with E-state index in [1.54, 1.807) is 24.3 Å². The van der Waals surface area contributed by atoms with E-state index in [9.17, 15) is 9.59 Å². The fraction of sp³-hybridized carbons (Fsp3) is 0. The molecule has 0 unspecified atom stereocenters. The van der Waals surface area contributed by atoms with Crippen LogP contribution in [0.2, 0.25) is 0 Å². The van der Waals surface area contributed by atoms with Gasteiger partial charge in [0.2, 0.25) is 0 Å². The maximum absolute atomic E-state index is 11.7. The van der Waals surface area contributed by atoms with Gasteiger partial charge in [-0.3, -0.25) is 4.79 Å². The first-order valence-electron chi connectivity index (χ1n) is 4.51. The summed E-state index contributed by atoms with van der Waals surface area (Å²) < 4.78 is 5.92. The number of aromatic nitrogens is 1. The van der Waals surface area contributed by atoms with Gasteiger partial charge in [0.1, 0.15) is 0 Å². The van der Waals surface area contributed by atoms with Crippen LogP contribution < -0.4 is 11.2 Å². The van der Waals surface area contributed by atoms with Gasteiger partial charge in [-0.05, 0) is 24.4 Å². The zero-order chi connectivity index (χ0) is 11.5. The Balaban J connectivity index is 2.88. The SMILES string of the molecule is O=c1ccc(=O)n(-c2ccccc2)c(=S)o1. The molecule has 1 aromatic carbocycles. The summed E-state index contributed by atoms with van der Waals surface area (Å²) in [5, 5.41) is 0. The Morgan fingerprint density at radius 2 is 1.69 bits per heavy atom. The van der Waals surface area contributed by atoms with E-state index in [0.717, 1.165) is 16.7 Å². The second kappa shape index (κ2) is 4.24. The molecule has 1 heterocycles. The quantitative estimate of drug-likeness (QED) is 0.701. The Morgan fingerprint density at radius 1 is 1.00 bits per heavy atom. The topological polar surface area (TPSA) is 52.2 Å². The van der Waals surface area contributed by atoms with Crippen LogP contribution in [-0.2, 0) is 0 Å². The van der Waals surface area contributed by atoms with Crippen molar-refractivity contribution in [3.05, 3.63) is 68.1 Å². The van der Waals surface area contributed by atoms with Gasteiger partial charge in [0.15, 0.2) is 0 Å². The molecule has 0 N–H and O–H groups in total. The molecule has 0 aliphatic heterocycles. The lowest BCUT2D eigenvalue weighted by molar-refractivity contribution is 0.468. The second-order valence-corrected chi connectivity index (χ2v) is 3.38. The van der Waals surface area contributed by atoms with Crippen LogP contribution in [0.1, 0.15) is 0 Å². The summed E-state index contributed by atoms with van der Waals surface area (Å²) in [5.41, 5.74) is -0.476. The molecule has 4 nitrogen and oxygen atoms in total. The minimum absolute atomic E-state index is 0.161. The van der Waals surface area contributed by atoms with Crippen molar-refractivity contribution >= 4 is 12.2 Å². The van der Waals surface area contributed by atoms with E-state index in [0.29, 0.717) is 5.69 Å². The monoisotopic (exact) mass is 233 g/mol. The highest BCUT2D eigenvalue weighted by molar-refractivity contribution is 7.71. The van der Waals surface area contributed by atoms with Crippen LogP contribution in [-0.4, -0.2) is 4.57 Å². The van der Waals surface area contributed by atoms with E-state index in [1.165, 1.54) is 0 Å². The summed E-state index contributed by atoms with van der Waals surface area (Å²) >= 11 is 4.87.